The van der Waals surface area contributed by atoms with Crippen LogP contribution in [-0.4, -0.2) is 1.93 Å². The molecule has 1 radical (unpaired) electrons. The third-order valence-electron chi connectivity index (χ3n) is 0. The third kappa shape index (κ3) is 9.82. The zero-order valence-corrected chi connectivity index (χ0v) is 6.36. The van der Waals surface area contributed by atoms with Crippen LogP contribution in [0.1, 0.15) is 0 Å². The number of alkyl halides is 2. The summed E-state index contributed by atoms with van der Waals surface area (Å²) < 4.78 is 0.523. The Morgan fingerprint density at radius 2 is 1.50 bits per heavy atom. The van der Waals surface area contributed by atoms with E-state index >= 15 is 0 Å². The summed E-state index contributed by atoms with van der Waals surface area (Å²) in [6.07, 6.45) is 0. The van der Waals surface area contributed by atoms with Crippen molar-refractivity contribution in [2.75, 3.05) is 0 Å². The van der Waals surface area contributed by atoms with E-state index in [1.807, 2.05) is 0 Å². The maximum absolute atomic E-state index is 3.61. The second kappa shape index (κ2) is 2.68. The molecule has 0 aliphatic rings. The van der Waals surface area contributed by atoms with Gasteiger partial charge in [0.1, 0.15) is 0 Å². The van der Waals surface area contributed by atoms with Crippen molar-refractivity contribution < 1.29 is 0 Å². The molecule has 2 heteroatoms. The van der Waals surface area contributed by atoms with Gasteiger partial charge in [-0.25, -0.2) is 0 Å². The van der Waals surface area contributed by atoms with Crippen LogP contribution >= 0.6 is 45.2 Å². The molecule has 0 aliphatic carbocycles. The van der Waals surface area contributed by atoms with Crippen molar-refractivity contribution in [2.45, 2.75) is 1.93 Å². The molecule has 0 rings (SSSR count). The van der Waals surface area contributed by atoms with Crippen LogP contribution in [0.4, 0.5) is 0 Å². The van der Waals surface area contributed by atoms with Crippen molar-refractivity contribution in [3.05, 3.63) is 6.92 Å². The molecule has 0 unspecified atom stereocenters. The fourth-order valence-electron chi connectivity index (χ4n) is 0. The van der Waals surface area contributed by atoms with Gasteiger partial charge in [0.05, 0.1) is 1.93 Å². The quantitative estimate of drug-likeness (QED) is 0.470. The summed E-state index contributed by atoms with van der Waals surface area (Å²) in [6, 6.07) is 0. The van der Waals surface area contributed by atoms with Crippen molar-refractivity contribution >= 4 is 45.2 Å². The van der Waals surface area contributed by atoms with Gasteiger partial charge in [0.2, 0.25) is 0 Å². The van der Waals surface area contributed by atoms with Gasteiger partial charge in [0.15, 0.2) is 0 Å². The molecule has 0 N–H and O–H groups in total. The molecular weight excluding hydrogens is 278 g/mol. The highest BCUT2D eigenvalue weighted by Gasteiger charge is 1.74. The van der Waals surface area contributed by atoms with Crippen LogP contribution in [-0.2, 0) is 0 Å². The van der Waals surface area contributed by atoms with Gasteiger partial charge in [-0.05, 0) is 6.92 Å². The second-order valence-corrected chi connectivity index (χ2v) is 5.78. The van der Waals surface area contributed by atoms with E-state index in [2.05, 4.69) is 52.1 Å². The number of halogens is 2. The Bertz CT molecular complexity index is 8.75. The van der Waals surface area contributed by atoms with Crippen LogP contribution in [0.15, 0.2) is 0 Å². The molecule has 0 aliphatic heterocycles. The summed E-state index contributed by atoms with van der Waals surface area (Å²) in [5.41, 5.74) is 0. The van der Waals surface area contributed by atoms with Crippen LogP contribution in [0.25, 0.3) is 0 Å². The van der Waals surface area contributed by atoms with Crippen molar-refractivity contribution in [2.24, 2.45) is 0 Å². The van der Waals surface area contributed by atoms with E-state index < -0.39 is 0 Å². The van der Waals surface area contributed by atoms with Crippen molar-refractivity contribution in [3.8, 4) is 0 Å². The summed E-state index contributed by atoms with van der Waals surface area (Å²) in [5, 5.41) is 0. The largest absolute Gasteiger partial charge is 0.0710 e. The SMILES string of the molecule is [CH2]C(I)I. The molecule has 0 spiro atoms. The predicted molar refractivity (Wildman–Crippen MR) is 37.2 cm³/mol. The zero-order valence-electron chi connectivity index (χ0n) is 2.04. The first-order valence-electron chi connectivity index (χ1n) is 0.845. The first-order valence-corrected chi connectivity index (χ1v) is 3.34. The van der Waals surface area contributed by atoms with Gasteiger partial charge in [-0.15, -0.1) is 0 Å². The maximum atomic E-state index is 3.61. The molecule has 25 valence electrons. The lowest BCUT2D eigenvalue weighted by Gasteiger charge is -1.73. The Morgan fingerprint density at radius 1 is 1.50 bits per heavy atom. The van der Waals surface area contributed by atoms with E-state index in [0.717, 1.165) is 0 Å². The minimum absolute atomic E-state index is 0.523. The molecule has 0 fully saturated rings. The molecule has 0 aromatic rings. The van der Waals surface area contributed by atoms with Crippen LogP contribution in [0.5, 0.6) is 0 Å². The fraction of sp³-hybridized carbons (Fsp3) is 0.500. The predicted octanol–water partition coefficient (Wildman–Crippen LogP) is 2.02. The minimum atomic E-state index is 0.523. The fourth-order valence-corrected chi connectivity index (χ4v) is 0. The van der Waals surface area contributed by atoms with Gasteiger partial charge in [-0.2, -0.15) is 0 Å². The maximum Gasteiger partial charge on any atom is 0.0627 e. The zero-order chi connectivity index (χ0) is 3.58. The number of hydrogen-bond donors (Lipinski definition) is 0. The summed E-state index contributed by atoms with van der Waals surface area (Å²) in [6.45, 7) is 3.61. The van der Waals surface area contributed by atoms with E-state index in [9.17, 15) is 0 Å². The average Bonchev–Trinajstić information content (AvgIpc) is 0.811. The molecule has 0 aromatic carbocycles. The van der Waals surface area contributed by atoms with E-state index in [0.29, 0.717) is 1.93 Å². The second-order valence-electron chi connectivity index (χ2n) is 0.391. The van der Waals surface area contributed by atoms with Gasteiger partial charge in [0, 0.05) is 0 Å². The van der Waals surface area contributed by atoms with Crippen LogP contribution in [0.3, 0.4) is 0 Å². The van der Waals surface area contributed by atoms with Crippen LogP contribution < -0.4 is 0 Å². The minimum Gasteiger partial charge on any atom is -0.0710 e. The molecule has 0 bridgehead atoms. The molecule has 0 heterocycles. The molecule has 0 atom stereocenters. The van der Waals surface area contributed by atoms with E-state index in [4.69, 9.17) is 0 Å². The lowest BCUT2D eigenvalue weighted by molar-refractivity contribution is 1.85. The standard InChI is InChI=1S/C2H3I2/c1-2(3)4/h2H,1H2. The van der Waals surface area contributed by atoms with Gasteiger partial charge in [-0.3, -0.25) is 0 Å². The summed E-state index contributed by atoms with van der Waals surface area (Å²) in [7, 11) is 0. The Kier molecular flexibility index (Phi) is 3.66. The van der Waals surface area contributed by atoms with E-state index in [1.165, 1.54) is 0 Å². The lowest BCUT2D eigenvalue weighted by Crippen LogP contribution is -1.60. The first kappa shape index (κ1) is 5.46. The molecule has 4 heavy (non-hydrogen) atoms. The van der Waals surface area contributed by atoms with Crippen molar-refractivity contribution in [1.82, 2.24) is 0 Å². The van der Waals surface area contributed by atoms with Crippen molar-refractivity contribution in [3.63, 3.8) is 0 Å². The number of hydrogen-bond acceptors (Lipinski definition) is 0. The number of rotatable bonds is 0. The normalized spacial score (nSPS) is 9.00. The molecule has 0 saturated carbocycles. The molecular formula is C2H3I2. The topological polar surface area (TPSA) is 0 Å². The highest BCUT2D eigenvalue weighted by atomic mass is 127. The highest BCUT2D eigenvalue weighted by Crippen LogP contribution is 2.04. The van der Waals surface area contributed by atoms with Gasteiger partial charge >= 0.3 is 0 Å². The summed E-state index contributed by atoms with van der Waals surface area (Å²) >= 11 is 4.44. The summed E-state index contributed by atoms with van der Waals surface area (Å²) in [4.78, 5) is 0. The lowest BCUT2D eigenvalue weighted by atomic mass is 11.0. The van der Waals surface area contributed by atoms with Gasteiger partial charge in [0.25, 0.3) is 0 Å². The monoisotopic (exact) mass is 281 g/mol. The third-order valence-corrected chi connectivity index (χ3v) is 0. The van der Waals surface area contributed by atoms with E-state index in [-0.39, 0.29) is 0 Å². The molecule has 0 nitrogen and oxygen atoms in total. The Hall–Kier alpha value is 1.46. The Balaban J connectivity index is 2.32. The molecule has 0 saturated heterocycles. The van der Waals surface area contributed by atoms with E-state index in [1.54, 1.807) is 0 Å². The summed E-state index contributed by atoms with van der Waals surface area (Å²) in [5.74, 6) is 0. The van der Waals surface area contributed by atoms with Gasteiger partial charge in [-0.1, -0.05) is 45.2 Å². The first-order chi connectivity index (χ1) is 1.73. The van der Waals surface area contributed by atoms with Gasteiger partial charge < -0.3 is 0 Å². The Labute approximate surface area is 53.6 Å². The molecule has 0 aromatic heterocycles. The average molecular weight is 281 g/mol. The molecule has 0 amide bonds. The highest BCUT2D eigenvalue weighted by molar-refractivity contribution is 14.2. The Morgan fingerprint density at radius 3 is 1.50 bits per heavy atom. The van der Waals surface area contributed by atoms with Crippen molar-refractivity contribution in [1.29, 1.82) is 0 Å². The van der Waals surface area contributed by atoms with Crippen LogP contribution in [0.2, 0.25) is 0 Å². The smallest absolute Gasteiger partial charge is 0.0627 e. The van der Waals surface area contributed by atoms with Crippen LogP contribution in [0, 0.1) is 6.92 Å².